The van der Waals surface area contributed by atoms with Gasteiger partial charge in [0.1, 0.15) is 5.82 Å². The molecule has 0 spiro atoms. The Bertz CT molecular complexity index is 949. The molecule has 8 heteroatoms. The number of aryl methyl sites for hydroxylation is 2. The second-order valence-corrected chi connectivity index (χ2v) is 8.74. The van der Waals surface area contributed by atoms with Gasteiger partial charge in [-0.25, -0.2) is 0 Å². The maximum atomic E-state index is 9.94. The average Bonchev–Trinajstić information content (AvgIpc) is 3.14. The van der Waals surface area contributed by atoms with E-state index >= 15 is 0 Å². The second-order valence-electron chi connectivity index (χ2n) is 8.74. The van der Waals surface area contributed by atoms with Crippen LogP contribution in [-0.4, -0.2) is 59.3 Å². The van der Waals surface area contributed by atoms with E-state index < -0.39 is 5.60 Å². The zero-order valence-electron chi connectivity index (χ0n) is 18.5. The van der Waals surface area contributed by atoms with E-state index in [-0.39, 0.29) is 6.01 Å². The lowest BCUT2D eigenvalue weighted by atomic mass is 10.1. The van der Waals surface area contributed by atoms with Crippen LogP contribution in [0.5, 0.6) is 6.01 Å². The zero-order chi connectivity index (χ0) is 21.8. The van der Waals surface area contributed by atoms with Crippen LogP contribution < -0.4 is 15.1 Å². The number of morpholine rings is 1. The smallest absolute Gasteiger partial charge is 0.320 e. The van der Waals surface area contributed by atoms with Crippen molar-refractivity contribution in [3.63, 3.8) is 0 Å². The molecule has 2 aliphatic rings. The molecule has 8 nitrogen and oxygen atoms in total. The fourth-order valence-corrected chi connectivity index (χ4v) is 3.69. The molecule has 1 aliphatic heterocycles. The maximum absolute atomic E-state index is 9.94. The molecular weight excluding hydrogens is 394 g/mol. The number of fused-ring (bicyclic) bond motifs is 1. The van der Waals surface area contributed by atoms with Gasteiger partial charge in [-0.2, -0.15) is 15.1 Å². The number of anilines is 2. The van der Waals surface area contributed by atoms with Crippen LogP contribution in [0.4, 0.5) is 11.6 Å². The number of hydrogen-bond donors (Lipinski definition) is 2. The molecule has 2 heterocycles. The van der Waals surface area contributed by atoms with E-state index in [1.165, 1.54) is 16.7 Å². The summed E-state index contributed by atoms with van der Waals surface area (Å²) < 4.78 is 11.2. The SMILES string of the molecule is Cc1ccc2c(c1)C(=NNc1cc(N3CCOCC3)nc(OCCC(C)(C)O)n1)CC2. The highest BCUT2D eigenvalue weighted by molar-refractivity contribution is 6.04. The van der Waals surface area contributed by atoms with Crippen LogP contribution in [0.2, 0.25) is 0 Å². The molecule has 1 aromatic carbocycles. The van der Waals surface area contributed by atoms with E-state index in [4.69, 9.17) is 9.47 Å². The monoisotopic (exact) mass is 425 g/mol. The largest absolute Gasteiger partial charge is 0.463 e. The molecule has 0 radical (unpaired) electrons. The molecule has 0 bridgehead atoms. The molecule has 0 unspecified atom stereocenters. The summed E-state index contributed by atoms with van der Waals surface area (Å²) in [5.41, 5.74) is 7.12. The number of hydrogen-bond acceptors (Lipinski definition) is 8. The first kappa shape index (κ1) is 21.5. The third-order valence-electron chi connectivity index (χ3n) is 5.49. The van der Waals surface area contributed by atoms with Gasteiger partial charge in [0, 0.05) is 31.1 Å². The minimum atomic E-state index is -0.803. The number of aliphatic hydroxyl groups is 1. The van der Waals surface area contributed by atoms with Gasteiger partial charge < -0.3 is 19.5 Å². The number of rotatable bonds is 7. The Balaban J connectivity index is 1.54. The Labute approximate surface area is 183 Å². The molecular formula is C23H31N5O3. The van der Waals surface area contributed by atoms with Crippen molar-refractivity contribution >= 4 is 17.3 Å². The summed E-state index contributed by atoms with van der Waals surface area (Å²) in [6.45, 7) is 8.80. The van der Waals surface area contributed by atoms with E-state index in [0.29, 0.717) is 32.1 Å². The van der Waals surface area contributed by atoms with Gasteiger partial charge in [-0.3, -0.25) is 5.43 Å². The van der Waals surface area contributed by atoms with Crippen molar-refractivity contribution in [2.75, 3.05) is 43.2 Å². The van der Waals surface area contributed by atoms with Crippen molar-refractivity contribution in [3.8, 4) is 6.01 Å². The van der Waals surface area contributed by atoms with Crippen LogP contribution in [0, 0.1) is 6.92 Å². The Morgan fingerprint density at radius 1 is 1.19 bits per heavy atom. The van der Waals surface area contributed by atoms with Crippen molar-refractivity contribution in [3.05, 3.63) is 41.0 Å². The Morgan fingerprint density at radius 3 is 2.77 bits per heavy atom. The van der Waals surface area contributed by atoms with Gasteiger partial charge in [0.15, 0.2) is 5.82 Å². The standard InChI is InChI=1S/C23H31N5O3/c1-16-4-5-17-6-7-19(18(17)14-16)26-27-20-15-21(28-9-12-30-13-10-28)25-22(24-20)31-11-8-23(2,3)29/h4-5,14-15,29H,6-13H2,1-3H3,(H,24,25,27). The summed E-state index contributed by atoms with van der Waals surface area (Å²) in [5.74, 6) is 1.37. The van der Waals surface area contributed by atoms with E-state index in [1.807, 2.05) is 6.07 Å². The first-order chi connectivity index (χ1) is 14.9. The van der Waals surface area contributed by atoms with Gasteiger partial charge >= 0.3 is 6.01 Å². The predicted octanol–water partition coefficient (Wildman–Crippen LogP) is 2.92. The van der Waals surface area contributed by atoms with Gasteiger partial charge in [0.2, 0.25) is 0 Å². The Morgan fingerprint density at radius 2 is 2.00 bits per heavy atom. The lowest BCUT2D eigenvalue weighted by Gasteiger charge is -2.28. The predicted molar refractivity (Wildman–Crippen MR) is 121 cm³/mol. The highest BCUT2D eigenvalue weighted by atomic mass is 16.5. The lowest BCUT2D eigenvalue weighted by molar-refractivity contribution is 0.0539. The topological polar surface area (TPSA) is 92.1 Å². The average molecular weight is 426 g/mol. The first-order valence-electron chi connectivity index (χ1n) is 10.9. The van der Waals surface area contributed by atoms with E-state index in [1.54, 1.807) is 13.8 Å². The molecule has 31 heavy (non-hydrogen) atoms. The molecule has 1 aliphatic carbocycles. The Kier molecular flexibility index (Phi) is 6.38. The number of hydrazone groups is 1. The van der Waals surface area contributed by atoms with Crippen LogP contribution in [0.3, 0.4) is 0 Å². The van der Waals surface area contributed by atoms with E-state index in [9.17, 15) is 5.11 Å². The third-order valence-corrected chi connectivity index (χ3v) is 5.49. The molecule has 2 aromatic rings. The van der Waals surface area contributed by atoms with Crippen LogP contribution >= 0.6 is 0 Å². The summed E-state index contributed by atoms with van der Waals surface area (Å²) in [6, 6.07) is 8.69. The minimum absolute atomic E-state index is 0.276. The lowest BCUT2D eigenvalue weighted by Crippen LogP contribution is -2.36. The molecule has 4 rings (SSSR count). The highest BCUT2D eigenvalue weighted by Crippen LogP contribution is 2.25. The number of ether oxygens (including phenoxy) is 2. The molecule has 0 amide bonds. The number of nitrogens with zero attached hydrogens (tertiary/aromatic N) is 4. The second kappa shape index (κ2) is 9.20. The quantitative estimate of drug-likeness (QED) is 0.659. The summed E-state index contributed by atoms with van der Waals surface area (Å²) in [4.78, 5) is 11.2. The van der Waals surface area contributed by atoms with Crippen molar-refractivity contribution in [1.82, 2.24) is 9.97 Å². The Hall–Kier alpha value is -2.71. The highest BCUT2D eigenvalue weighted by Gasteiger charge is 2.19. The zero-order valence-corrected chi connectivity index (χ0v) is 18.5. The van der Waals surface area contributed by atoms with Gasteiger partial charge in [0.25, 0.3) is 0 Å². The minimum Gasteiger partial charge on any atom is -0.463 e. The van der Waals surface area contributed by atoms with E-state index in [2.05, 4.69) is 50.5 Å². The third kappa shape index (κ3) is 5.71. The van der Waals surface area contributed by atoms with E-state index in [0.717, 1.165) is 37.5 Å². The van der Waals surface area contributed by atoms with Crippen LogP contribution in [0.15, 0.2) is 29.4 Å². The number of benzene rings is 1. The summed E-state index contributed by atoms with van der Waals surface area (Å²) in [5, 5.41) is 14.6. The maximum Gasteiger partial charge on any atom is 0.320 e. The van der Waals surface area contributed by atoms with Crippen molar-refractivity contribution in [1.29, 1.82) is 0 Å². The molecule has 0 atom stereocenters. The fourth-order valence-electron chi connectivity index (χ4n) is 3.69. The molecule has 1 saturated heterocycles. The fraction of sp³-hybridized carbons (Fsp3) is 0.522. The molecule has 1 fully saturated rings. The molecule has 1 aromatic heterocycles. The van der Waals surface area contributed by atoms with Crippen molar-refractivity contribution < 1.29 is 14.6 Å². The molecule has 2 N–H and O–H groups in total. The summed E-state index contributed by atoms with van der Waals surface area (Å²) in [7, 11) is 0. The molecule has 0 saturated carbocycles. The summed E-state index contributed by atoms with van der Waals surface area (Å²) >= 11 is 0. The van der Waals surface area contributed by atoms with Gasteiger partial charge in [-0.1, -0.05) is 17.7 Å². The number of aromatic nitrogens is 2. The normalized spacial score (nSPS) is 17.7. The van der Waals surface area contributed by atoms with Crippen LogP contribution in [-0.2, 0) is 11.2 Å². The van der Waals surface area contributed by atoms with Crippen molar-refractivity contribution in [2.45, 2.75) is 45.6 Å². The molecule has 166 valence electrons. The van der Waals surface area contributed by atoms with Crippen molar-refractivity contribution in [2.24, 2.45) is 5.10 Å². The van der Waals surface area contributed by atoms with Crippen LogP contribution in [0.1, 0.15) is 43.4 Å². The number of nitrogens with one attached hydrogen (secondary N) is 1. The van der Waals surface area contributed by atoms with Gasteiger partial charge in [-0.15, -0.1) is 0 Å². The first-order valence-corrected chi connectivity index (χ1v) is 10.9. The van der Waals surface area contributed by atoms with Gasteiger partial charge in [-0.05, 0) is 45.2 Å². The summed E-state index contributed by atoms with van der Waals surface area (Å²) in [6.07, 6.45) is 2.39. The van der Waals surface area contributed by atoms with Gasteiger partial charge in [0.05, 0.1) is 31.1 Å². The van der Waals surface area contributed by atoms with Crippen LogP contribution in [0.25, 0.3) is 0 Å².